The maximum atomic E-state index is 6.48. The van der Waals surface area contributed by atoms with Gasteiger partial charge in [-0.3, -0.25) is 4.98 Å². The lowest BCUT2D eigenvalue weighted by atomic mass is 9.83. The number of nitrogens with zero attached hydrogens (tertiary/aromatic N) is 2. The van der Waals surface area contributed by atoms with Gasteiger partial charge in [-0.2, -0.15) is 0 Å². The van der Waals surface area contributed by atoms with Crippen molar-refractivity contribution in [3.05, 3.63) is 22.1 Å². The van der Waals surface area contributed by atoms with Crippen molar-refractivity contribution in [2.24, 2.45) is 5.73 Å². The van der Waals surface area contributed by atoms with Crippen molar-refractivity contribution in [2.75, 3.05) is 0 Å². The smallest absolute Gasteiger partial charge is 0.113 e. The number of hydrogen-bond donors (Lipinski definition) is 1. The second kappa shape index (κ2) is 4.48. The summed E-state index contributed by atoms with van der Waals surface area (Å²) in [5.41, 5.74) is 9.18. The van der Waals surface area contributed by atoms with Gasteiger partial charge in [0.1, 0.15) is 5.01 Å². The molecule has 3 rings (SSSR count). The molecule has 0 spiro atoms. The summed E-state index contributed by atoms with van der Waals surface area (Å²) in [7, 11) is 0. The minimum atomic E-state index is -0.175. The molecule has 1 saturated carbocycles. The second-order valence-corrected chi connectivity index (χ2v) is 6.36. The summed E-state index contributed by atoms with van der Waals surface area (Å²) in [5.74, 6) is 0. The molecule has 0 radical (unpaired) electrons. The molecule has 17 heavy (non-hydrogen) atoms. The maximum Gasteiger partial charge on any atom is 0.113 e. The molecule has 0 aliphatic heterocycles. The fraction of sp³-hybridized carbons (Fsp3) is 0.500. The van der Waals surface area contributed by atoms with Gasteiger partial charge >= 0.3 is 0 Å². The largest absolute Gasteiger partial charge is 0.319 e. The molecule has 2 N–H and O–H groups in total. The van der Waals surface area contributed by atoms with Gasteiger partial charge in [0.15, 0.2) is 0 Å². The first-order chi connectivity index (χ1) is 8.28. The molecule has 1 aliphatic rings. The molecule has 0 bridgehead atoms. The van der Waals surface area contributed by atoms with Crippen LogP contribution in [0.5, 0.6) is 0 Å². The Morgan fingerprint density at radius 2 is 2.00 bits per heavy atom. The van der Waals surface area contributed by atoms with Crippen LogP contribution in [0.1, 0.15) is 37.1 Å². The van der Waals surface area contributed by atoms with Gasteiger partial charge in [0.2, 0.25) is 0 Å². The van der Waals surface area contributed by atoms with Crippen molar-refractivity contribution in [2.45, 2.75) is 37.6 Å². The van der Waals surface area contributed by atoms with Crippen LogP contribution in [0.15, 0.2) is 17.1 Å². The molecule has 90 valence electrons. The average Bonchev–Trinajstić information content (AvgIpc) is 3.01. The van der Waals surface area contributed by atoms with E-state index in [-0.39, 0.29) is 5.54 Å². The van der Waals surface area contributed by atoms with Gasteiger partial charge in [0.25, 0.3) is 0 Å². The summed E-state index contributed by atoms with van der Waals surface area (Å²) < 4.78 is 0. The standard InChI is InChI=1S/C12H15N3S2/c13-12(4-2-1-3-5-12)11-15-9(7-16-11)10-6-14-8-17-10/h6-8H,1-5,13H2. The number of rotatable bonds is 2. The normalized spacial score (nSPS) is 19.4. The highest BCUT2D eigenvalue weighted by atomic mass is 32.1. The van der Waals surface area contributed by atoms with E-state index in [2.05, 4.69) is 10.4 Å². The first kappa shape index (κ1) is 11.3. The maximum absolute atomic E-state index is 6.48. The summed E-state index contributed by atoms with van der Waals surface area (Å²) in [5, 5.41) is 3.20. The van der Waals surface area contributed by atoms with Gasteiger partial charge < -0.3 is 5.73 Å². The summed E-state index contributed by atoms with van der Waals surface area (Å²) >= 11 is 3.32. The zero-order valence-corrected chi connectivity index (χ0v) is 11.2. The molecule has 5 heteroatoms. The summed E-state index contributed by atoms with van der Waals surface area (Å²) in [6, 6.07) is 0. The summed E-state index contributed by atoms with van der Waals surface area (Å²) in [6.45, 7) is 0. The predicted octanol–water partition coefficient (Wildman–Crippen LogP) is 3.38. The molecule has 3 nitrogen and oxygen atoms in total. The molecular weight excluding hydrogens is 250 g/mol. The molecule has 2 aromatic heterocycles. The van der Waals surface area contributed by atoms with Crippen molar-refractivity contribution < 1.29 is 0 Å². The number of thiazole rings is 2. The molecule has 0 aromatic carbocycles. The Hall–Kier alpha value is -0.780. The summed E-state index contributed by atoms with van der Waals surface area (Å²) in [4.78, 5) is 9.93. The lowest BCUT2D eigenvalue weighted by Crippen LogP contribution is -2.38. The Bertz CT molecular complexity index is 484. The Morgan fingerprint density at radius 1 is 1.18 bits per heavy atom. The molecular formula is C12H15N3S2. The number of nitrogens with two attached hydrogens (primary N) is 1. The van der Waals surface area contributed by atoms with E-state index in [1.165, 1.54) is 19.3 Å². The van der Waals surface area contributed by atoms with Gasteiger partial charge in [0.05, 0.1) is 21.6 Å². The molecule has 2 aromatic rings. The average molecular weight is 265 g/mol. The van der Waals surface area contributed by atoms with Crippen LogP contribution in [0.4, 0.5) is 0 Å². The molecule has 1 fully saturated rings. The Morgan fingerprint density at radius 3 is 2.71 bits per heavy atom. The van der Waals surface area contributed by atoms with Crippen LogP contribution in [-0.4, -0.2) is 9.97 Å². The van der Waals surface area contributed by atoms with Crippen molar-refractivity contribution >= 4 is 22.7 Å². The Labute approximate surface area is 109 Å². The topological polar surface area (TPSA) is 51.8 Å². The molecule has 0 atom stereocenters. The van der Waals surface area contributed by atoms with Crippen molar-refractivity contribution in [3.8, 4) is 10.6 Å². The number of aromatic nitrogens is 2. The van der Waals surface area contributed by atoms with E-state index in [0.717, 1.165) is 28.4 Å². The highest BCUT2D eigenvalue weighted by Crippen LogP contribution is 2.38. The quantitative estimate of drug-likeness (QED) is 0.905. The minimum Gasteiger partial charge on any atom is -0.319 e. The lowest BCUT2D eigenvalue weighted by Gasteiger charge is -2.31. The Balaban J connectivity index is 1.89. The summed E-state index contributed by atoms with van der Waals surface area (Å²) in [6.07, 6.45) is 7.78. The van der Waals surface area contributed by atoms with Crippen LogP contribution in [0.3, 0.4) is 0 Å². The highest BCUT2D eigenvalue weighted by molar-refractivity contribution is 7.14. The second-order valence-electron chi connectivity index (χ2n) is 4.62. The van der Waals surface area contributed by atoms with Crippen LogP contribution < -0.4 is 5.73 Å². The molecule has 0 amide bonds. The van der Waals surface area contributed by atoms with Crippen LogP contribution in [0.25, 0.3) is 10.6 Å². The van der Waals surface area contributed by atoms with Gasteiger partial charge in [-0.25, -0.2) is 4.98 Å². The number of hydrogen-bond acceptors (Lipinski definition) is 5. The molecule has 1 aliphatic carbocycles. The van der Waals surface area contributed by atoms with Crippen molar-refractivity contribution in [3.63, 3.8) is 0 Å². The zero-order chi connectivity index (χ0) is 11.7. The van der Waals surface area contributed by atoms with Crippen LogP contribution in [0.2, 0.25) is 0 Å². The highest BCUT2D eigenvalue weighted by Gasteiger charge is 2.32. The first-order valence-corrected chi connectivity index (χ1v) is 7.68. The van der Waals surface area contributed by atoms with E-state index in [0.29, 0.717) is 0 Å². The van der Waals surface area contributed by atoms with E-state index in [4.69, 9.17) is 10.7 Å². The van der Waals surface area contributed by atoms with Gasteiger partial charge in [-0.05, 0) is 12.8 Å². The lowest BCUT2D eigenvalue weighted by molar-refractivity contribution is 0.301. The fourth-order valence-electron chi connectivity index (χ4n) is 2.35. The third-order valence-electron chi connectivity index (χ3n) is 3.36. The van der Waals surface area contributed by atoms with Crippen LogP contribution in [-0.2, 0) is 5.54 Å². The van der Waals surface area contributed by atoms with Crippen molar-refractivity contribution in [1.82, 2.24) is 9.97 Å². The predicted molar refractivity (Wildman–Crippen MR) is 72.2 cm³/mol. The SMILES string of the molecule is NC1(c2nc(-c3cncs3)cs2)CCCCC1. The monoisotopic (exact) mass is 265 g/mol. The van der Waals surface area contributed by atoms with E-state index in [1.54, 1.807) is 22.7 Å². The minimum absolute atomic E-state index is 0.175. The van der Waals surface area contributed by atoms with E-state index >= 15 is 0 Å². The zero-order valence-electron chi connectivity index (χ0n) is 9.56. The Kier molecular flexibility index (Phi) is 2.98. The molecule has 0 unspecified atom stereocenters. The molecule has 0 saturated heterocycles. The van der Waals surface area contributed by atoms with Crippen LogP contribution >= 0.6 is 22.7 Å². The van der Waals surface area contributed by atoms with Gasteiger partial charge in [-0.15, -0.1) is 22.7 Å². The van der Waals surface area contributed by atoms with E-state index in [9.17, 15) is 0 Å². The van der Waals surface area contributed by atoms with Crippen LogP contribution in [0, 0.1) is 0 Å². The van der Waals surface area contributed by atoms with E-state index < -0.39 is 0 Å². The fourth-order valence-corrected chi connectivity index (χ4v) is 4.00. The molecule has 2 heterocycles. The van der Waals surface area contributed by atoms with Crippen molar-refractivity contribution in [1.29, 1.82) is 0 Å². The third kappa shape index (κ3) is 2.14. The third-order valence-corrected chi connectivity index (χ3v) is 5.22. The van der Waals surface area contributed by atoms with Gasteiger partial charge in [0, 0.05) is 11.6 Å². The van der Waals surface area contributed by atoms with E-state index in [1.807, 2.05) is 11.7 Å². The van der Waals surface area contributed by atoms with Gasteiger partial charge in [-0.1, -0.05) is 19.3 Å². The first-order valence-electron chi connectivity index (χ1n) is 5.92.